The second-order valence-electron chi connectivity index (χ2n) is 4.53. The van der Waals surface area contributed by atoms with Gasteiger partial charge < -0.3 is 5.11 Å². The fraction of sp³-hybridized carbons (Fsp3) is 0.417. The van der Waals surface area contributed by atoms with E-state index >= 15 is 0 Å². The Labute approximate surface area is 131 Å². The third-order valence-corrected chi connectivity index (χ3v) is 5.77. The van der Waals surface area contributed by atoms with Gasteiger partial charge in [0.15, 0.2) is 0 Å². The lowest BCUT2D eigenvalue weighted by atomic mass is 10.3. The van der Waals surface area contributed by atoms with Crippen molar-refractivity contribution in [3.05, 3.63) is 27.8 Å². The maximum absolute atomic E-state index is 12.4. The molecule has 0 atom stereocenters. The predicted octanol–water partition coefficient (Wildman–Crippen LogP) is 0.682. The largest absolute Gasteiger partial charge is 0.480 e. The number of sulfonamides is 1. The molecule has 1 aliphatic rings. The highest BCUT2D eigenvalue weighted by molar-refractivity contribution is 14.1. The summed E-state index contributed by atoms with van der Waals surface area (Å²) in [6.45, 7) is 1.48. The van der Waals surface area contributed by atoms with Gasteiger partial charge in [-0.3, -0.25) is 9.69 Å². The smallest absolute Gasteiger partial charge is 0.317 e. The molecular formula is C12H15IN2O4S. The van der Waals surface area contributed by atoms with E-state index in [2.05, 4.69) is 22.6 Å². The highest BCUT2D eigenvalue weighted by atomic mass is 127. The second kappa shape index (κ2) is 6.37. The topological polar surface area (TPSA) is 77.9 Å². The van der Waals surface area contributed by atoms with Crippen molar-refractivity contribution in [1.29, 1.82) is 0 Å². The van der Waals surface area contributed by atoms with E-state index in [-0.39, 0.29) is 11.4 Å². The summed E-state index contributed by atoms with van der Waals surface area (Å²) in [7, 11) is -3.47. The molecule has 0 unspecified atom stereocenters. The number of rotatable bonds is 4. The van der Waals surface area contributed by atoms with E-state index in [1.165, 1.54) is 4.31 Å². The molecule has 0 saturated carbocycles. The van der Waals surface area contributed by atoms with Gasteiger partial charge in [-0.2, -0.15) is 4.31 Å². The fourth-order valence-corrected chi connectivity index (χ4v) is 3.86. The van der Waals surface area contributed by atoms with Gasteiger partial charge in [-0.15, -0.1) is 0 Å². The number of aliphatic carboxylic acids is 1. The first-order valence-corrected chi connectivity index (χ1v) is 8.61. The monoisotopic (exact) mass is 410 g/mol. The van der Waals surface area contributed by atoms with Crippen LogP contribution in [0.4, 0.5) is 0 Å². The van der Waals surface area contributed by atoms with Crippen LogP contribution < -0.4 is 0 Å². The molecule has 1 aromatic carbocycles. The zero-order valence-corrected chi connectivity index (χ0v) is 13.7. The second-order valence-corrected chi connectivity index (χ2v) is 7.71. The molecule has 0 spiro atoms. The van der Waals surface area contributed by atoms with Gasteiger partial charge in [-0.1, -0.05) is 0 Å². The molecule has 1 saturated heterocycles. The SMILES string of the molecule is O=C(O)CN1CCN(S(=O)(=O)c2ccc(I)cc2)CC1. The molecule has 1 fully saturated rings. The molecule has 20 heavy (non-hydrogen) atoms. The minimum absolute atomic E-state index is 0.0442. The first-order valence-electron chi connectivity index (χ1n) is 6.09. The highest BCUT2D eigenvalue weighted by Gasteiger charge is 2.28. The molecule has 0 bridgehead atoms. The molecule has 2 rings (SSSR count). The number of piperazine rings is 1. The van der Waals surface area contributed by atoms with Crippen LogP contribution in [-0.2, 0) is 14.8 Å². The van der Waals surface area contributed by atoms with E-state index in [4.69, 9.17) is 5.11 Å². The van der Waals surface area contributed by atoms with Gasteiger partial charge in [0.2, 0.25) is 10.0 Å². The zero-order chi connectivity index (χ0) is 14.8. The van der Waals surface area contributed by atoms with Crippen LogP contribution in [0.25, 0.3) is 0 Å². The summed E-state index contributed by atoms with van der Waals surface area (Å²) >= 11 is 2.12. The number of hydrogen-bond donors (Lipinski definition) is 1. The third-order valence-electron chi connectivity index (χ3n) is 3.14. The first kappa shape index (κ1) is 15.7. The molecule has 0 aliphatic carbocycles. The maximum atomic E-state index is 12.4. The summed E-state index contributed by atoms with van der Waals surface area (Å²) in [5.74, 6) is -0.890. The van der Waals surface area contributed by atoms with Gasteiger partial charge in [0, 0.05) is 29.7 Å². The van der Waals surface area contributed by atoms with E-state index in [9.17, 15) is 13.2 Å². The van der Waals surface area contributed by atoms with Gasteiger partial charge >= 0.3 is 5.97 Å². The van der Waals surface area contributed by atoms with Crippen molar-refractivity contribution in [3.63, 3.8) is 0 Å². The van der Waals surface area contributed by atoms with E-state index in [0.29, 0.717) is 26.2 Å². The summed E-state index contributed by atoms with van der Waals surface area (Å²) in [5, 5.41) is 8.72. The number of hydrogen-bond acceptors (Lipinski definition) is 4. The Morgan fingerprint density at radius 3 is 2.20 bits per heavy atom. The molecule has 0 aromatic heterocycles. The van der Waals surface area contributed by atoms with Crippen LogP contribution in [0.3, 0.4) is 0 Å². The molecule has 110 valence electrons. The highest BCUT2D eigenvalue weighted by Crippen LogP contribution is 2.18. The minimum atomic E-state index is -3.47. The van der Waals surface area contributed by atoms with E-state index in [1.807, 2.05) is 0 Å². The Hall–Kier alpha value is -0.710. The van der Waals surface area contributed by atoms with Crippen molar-refractivity contribution in [2.75, 3.05) is 32.7 Å². The van der Waals surface area contributed by atoms with Crippen LogP contribution in [0.2, 0.25) is 0 Å². The minimum Gasteiger partial charge on any atom is -0.480 e. The van der Waals surface area contributed by atoms with Crippen molar-refractivity contribution >= 4 is 38.6 Å². The van der Waals surface area contributed by atoms with Crippen molar-refractivity contribution < 1.29 is 18.3 Å². The fourth-order valence-electron chi connectivity index (χ4n) is 2.07. The van der Waals surface area contributed by atoms with E-state index < -0.39 is 16.0 Å². The molecule has 1 N–H and O–H groups in total. The van der Waals surface area contributed by atoms with Gasteiger partial charge in [0.1, 0.15) is 0 Å². The van der Waals surface area contributed by atoms with E-state index in [0.717, 1.165) is 3.57 Å². The predicted molar refractivity (Wildman–Crippen MR) is 82.0 cm³/mol. The standard InChI is InChI=1S/C12H15IN2O4S/c13-10-1-3-11(4-2-10)20(18,19)15-7-5-14(6-8-15)9-12(16)17/h1-4H,5-9H2,(H,16,17). The third kappa shape index (κ3) is 3.68. The summed E-state index contributed by atoms with van der Waals surface area (Å²) in [6.07, 6.45) is 0. The van der Waals surface area contributed by atoms with Crippen LogP contribution in [0.1, 0.15) is 0 Å². The Kier molecular flexibility index (Phi) is 4.99. The normalized spacial score (nSPS) is 18.1. The van der Waals surface area contributed by atoms with Crippen LogP contribution in [0, 0.1) is 3.57 Å². The number of halogens is 1. The Morgan fingerprint density at radius 2 is 1.70 bits per heavy atom. The van der Waals surface area contributed by atoms with Crippen molar-refractivity contribution in [2.45, 2.75) is 4.90 Å². The number of benzene rings is 1. The van der Waals surface area contributed by atoms with Gasteiger partial charge in [-0.05, 0) is 46.9 Å². The number of carbonyl (C=O) groups is 1. The lowest BCUT2D eigenvalue weighted by Crippen LogP contribution is -2.49. The molecule has 0 amide bonds. The maximum Gasteiger partial charge on any atom is 0.317 e. The van der Waals surface area contributed by atoms with Crippen molar-refractivity contribution in [2.24, 2.45) is 0 Å². The number of nitrogens with zero attached hydrogens (tertiary/aromatic N) is 2. The zero-order valence-electron chi connectivity index (χ0n) is 10.7. The van der Waals surface area contributed by atoms with Crippen LogP contribution in [-0.4, -0.2) is 61.4 Å². The summed E-state index contributed by atoms with van der Waals surface area (Å²) in [5.41, 5.74) is 0. The molecule has 8 heteroatoms. The first-order chi connectivity index (χ1) is 9.39. The van der Waals surface area contributed by atoms with Gasteiger partial charge in [0.05, 0.1) is 11.4 Å². The molecule has 6 nitrogen and oxygen atoms in total. The molecule has 0 radical (unpaired) electrons. The number of carboxylic acids is 1. The van der Waals surface area contributed by atoms with Crippen molar-refractivity contribution in [1.82, 2.24) is 9.21 Å². The average molecular weight is 410 g/mol. The molecule has 1 heterocycles. The van der Waals surface area contributed by atoms with Gasteiger partial charge in [0.25, 0.3) is 0 Å². The van der Waals surface area contributed by atoms with Crippen LogP contribution >= 0.6 is 22.6 Å². The molecule has 1 aliphatic heterocycles. The Balaban J connectivity index is 2.05. The Morgan fingerprint density at radius 1 is 1.15 bits per heavy atom. The van der Waals surface area contributed by atoms with E-state index in [1.54, 1.807) is 29.2 Å². The molecule has 1 aromatic rings. The van der Waals surface area contributed by atoms with Crippen LogP contribution in [0.5, 0.6) is 0 Å². The summed E-state index contributed by atoms with van der Waals surface area (Å²) < 4.78 is 27.2. The lowest BCUT2D eigenvalue weighted by Gasteiger charge is -2.32. The number of carboxylic acid groups (broad SMARTS) is 1. The summed E-state index contributed by atoms with van der Waals surface area (Å²) in [4.78, 5) is 12.6. The van der Waals surface area contributed by atoms with Crippen molar-refractivity contribution in [3.8, 4) is 0 Å². The van der Waals surface area contributed by atoms with Gasteiger partial charge in [-0.25, -0.2) is 8.42 Å². The quantitative estimate of drug-likeness (QED) is 0.739. The summed E-state index contributed by atoms with van der Waals surface area (Å²) in [6, 6.07) is 6.71. The lowest BCUT2D eigenvalue weighted by molar-refractivity contribution is -0.138. The average Bonchev–Trinajstić information content (AvgIpc) is 2.39. The van der Waals surface area contributed by atoms with Crippen LogP contribution in [0.15, 0.2) is 29.2 Å². The molecular weight excluding hydrogens is 395 g/mol. The Bertz CT molecular complexity index is 580.